The standard InChI is InChI=1S/C20H23BrFN3O3S/c1-14-5-7-16(29(27,28)25-9-3-2-4-10-25)12-19(14)24-20(26)13-23-18-8-6-15(21)11-17(18)22/h5-8,11-12,23H,2-4,9-10,13H2,1H3,(H,24,26). The lowest BCUT2D eigenvalue weighted by Crippen LogP contribution is -2.35. The summed E-state index contributed by atoms with van der Waals surface area (Å²) in [6, 6.07) is 9.22. The molecule has 6 nitrogen and oxygen atoms in total. The van der Waals surface area contributed by atoms with Crippen LogP contribution in [0.25, 0.3) is 0 Å². The Labute approximate surface area is 178 Å². The minimum absolute atomic E-state index is 0.152. The molecular weight excluding hydrogens is 461 g/mol. The average Bonchev–Trinajstić information content (AvgIpc) is 2.69. The minimum Gasteiger partial charge on any atom is -0.374 e. The van der Waals surface area contributed by atoms with Crippen LogP contribution in [0.15, 0.2) is 45.8 Å². The van der Waals surface area contributed by atoms with E-state index in [1.807, 2.05) is 0 Å². The second-order valence-corrected chi connectivity index (χ2v) is 9.82. The molecule has 2 aromatic carbocycles. The zero-order valence-corrected chi connectivity index (χ0v) is 18.4. The maximum Gasteiger partial charge on any atom is 0.243 e. The van der Waals surface area contributed by atoms with E-state index in [0.29, 0.717) is 23.2 Å². The normalized spacial score (nSPS) is 15.1. The summed E-state index contributed by atoms with van der Waals surface area (Å²) in [5.74, 6) is -0.874. The lowest BCUT2D eigenvalue weighted by Gasteiger charge is -2.26. The van der Waals surface area contributed by atoms with Crippen LogP contribution in [0, 0.1) is 12.7 Å². The van der Waals surface area contributed by atoms with Crippen molar-refractivity contribution in [1.82, 2.24) is 4.31 Å². The van der Waals surface area contributed by atoms with Gasteiger partial charge in [-0.25, -0.2) is 12.8 Å². The number of amides is 1. The molecule has 0 aliphatic carbocycles. The molecule has 2 N–H and O–H groups in total. The molecule has 0 atom stereocenters. The van der Waals surface area contributed by atoms with Gasteiger partial charge in [0, 0.05) is 23.2 Å². The lowest BCUT2D eigenvalue weighted by molar-refractivity contribution is -0.114. The summed E-state index contributed by atoms with van der Waals surface area (Å²) in [6.45, 7) is 2.66. The Balaban J connectivity index is 1.70. The molecule has 1 fully saturated rings. The number of rotatable bonds is 6. The molecule has 3 rings (SSSR count). The van der Waals surface area contributed by atoms with Gasteiger partial charge < -0.3 is 10.6 Å². The number of halogens is 2. The Morgan fingerprint density at radius 3 is 2.52 bits per heavy atom. The Kier molecular flexibility index (Phi) is 6.92. The number of carbonyl (C=O) groups is 1. The number of piperidine rings is 1. The maximum atomic E-state index is 13.9. The van der Waals surface area contributed by atoms with Crippen molar-refractivity contribution in [3.63, 3.8) is 0 Å². The third-order valence-corrected chi connectivity index (χ3v) is 7.19. The molecule has 0 bridgehead atoms. The van der Waals surface area contributed by atoms with Crippen LogP contribution < -0.4 is 10.6 Å². The summed E-state index contributed by atoms with van der Waals surface area (Å²) in [6.07, 6.45) is 2.74. The zero-order valence-electron chi connectivity index (χ0n) is 16.0. The van der Waals surface area contributed by atoms with Gasteiger partial charge in [0.2, 0.25) is 15.9 Å². The zero-order chi connectivity index (χ0) is 21.0. The molecular formula is C20H23BrFN3O3S. The highest BCUT2D eigenvalue weighted by molar-refractivity contribution is 9.10. The molecule has 0 spiro atoms. The van der Waals surface area contributed by atoms with Gasteiger partial charge in [-0.3, -0.25) is 4.79 Å². The van der Waals surface area contributed by atoms with E-state index in [4.69, 9.17) is 0 Å². The van der Waals surface area contributed by atoms with Crippen molar-refractivity contribution in [1.29, 1.82) is 0 Å². The van der Waals surface area contributed by atoms with E-state index in [9.17, 15) is 17.6 Å². The monoisotopic (exact) mass is 483 g/mol. The highest BCUT2D eigenvalue weighted by Crippen LogP contribution is 2.25. The van der Waals surface area contributed by atoms with Gasteiger partial charge in [-0.05, 0) is 55.7 Å². The van der Waals surface area contributed by atoms with Gasteiger partial charge in [0.15, 0.2) is 0 Å². The summed E-state index contributed by atoms with van der Waals surface area (Å²) >= 11 is 3.18. The molecule has 156 valence electrons. The summed E-state index contributed by atoms with van der Waals surface area (Å²) in [5.41, 5.74) is 1.37. The van der Waals surface area contributed by atoms with Gasteiger partial charge >= 0.3 is 0 Å². The first kappa shape index (κ1) is 21.7. The number of sulfonamides is 1. The Hall–Kier alpha value is -1.97. The Morgan fingerprint density at radius 1 is 1.10 bits per heavy atom. The van der Waals surface area contributed by atoms with Crippen molar-refractivity contribution in [2.45, 2.75) is 31.1 Å². The first-order chi connectivity index (χ1) is 13.8. The third-order valence-electron chi connectivity index (χ3n) is 4.81. The molecule has 1 aliphatic rings. The summed E-state index contributed by atoms with van der Waals surface area (Å²) in [5, 5.41) is 5.45. The number of nitrogens with zero attached hydrogens (tertiary/aromatic N) is 1. The van der Waals surface area contributed by atoms with Crippen molar-refractivity contribution in [3.8, 4) is 0 Å². The molecule has 1 saturated heterocycles. The van der Waals surface area contributed by atoms with Crippen molar-refractivity contribution in [2.24, 2.45) is 0 Å². The highest BCUT2D eigenvalue weighted by atomic mass is 79.9. The van der Waals surface area contributed by atoms with Crippen molar-refractivity contribution in [3.05, 3.63) is 52.3 Å². The molecule has 1 amide bonds. The van der Waals surface area contributed by atoms with Gasteiger partial charge in [-0.15, -0.1) is 0 Å². The summed E-state index contributed by atoms with van der Waals surface area (Å²) in [7, 11) is -3.59. The smallest absolute Gasteiger partial charge is 0.243 e. The lowest BCUT2D eigenvalue weighted by atomic mass is 10.2. The van der Waals surface area contributed by atoms with Crippen LogP contribution in [0.2, 0.25) is 0 Å². The molecule has 1 aliphatic heterocycles. The molecule has 9 heteroatoms. The second-order valence-electron chi connectivity index (χ2n) is 6.97. The fourth-order valence-electron chi connectivity index (χ4n) is 3.15. The van der Waals surface area contributed by atoms with Crippen LogP contribution in [0.5, 0.6) is 0 Å². The SMILES string of the molecule is Cc1ccc(S(=O)(=O)N2CCCCC2)cc1NC(=O)CNc1ccc(Br)cc1F. The highest BCUT2D eigenvalue weighted by Gasteiger charge is 2.26. The quantitative estimate of drug-likeness (QED) is 0.647. The molecule has 2 aromatic rings. The first-order valence-corrected chi connectivity index (χ1v) is 11.6. The van der Waals surface area contributed by atoms with Crippen LogP contribution in [-0.2, 0) is 14.8 Å². The molecule has 0 saturated carbocycles. The number of carbonyl (C=O) groups excluding carboxylic acids is 1. The number of anilines is 2. The van der Waals surface area contributed by atoms with Crippen LogP contribution in [0.3, 0.4) is 0 Å². The van der Waals surface area contributed by atoms with Crippen molar-refractivity contribution >= 4 is 43.2 Å². The fraction of sp³-hybridized carbons (Fsp3) is 0.350. The third kappa shape index (κ3) is 5.34. The second kappa shape index (κ2) is 9.23. The predicted molar refractivity (Wildman–Crippen MR) is 115 cm³/mol. The van der Waals surface area contributed by atoms with Crippen LogP contribution >= 0.6 is 15.9 Å². The molecule has 0 radical (unpaired) electrons. The molecule has 29 heavy (non-hydrogen) atoms. The van der Waals surface area contributed by atoms with Crippen molar-refractivity contribution < 1.29 is 17.6 Å². The largest absolute Gasteiger partial charge is 0.374 e. The minimum atomic E-state index is -3.59. The molecule has 0 aromatic heterocycles. The Morgan fingerprint density at radius 2 is 1.83 bits per heavy atom. The van der Waals surface area contributed by atoms with Gasteiger partial charge in [0.05, 0.1) is 17.1 Å². The number of benzene rings is 2. The van der Waals surface area contributed by atoms with Crippen LogP contribution in [-0.4, -0.2) is 38.3 Å². The van der Waals surface area contributed by atoms with Gasteiger partial charge in [-0.2, -0.15) is 4.31 Å². The average molecular weight is 484 g/mol. The van der Waals surface area contributed by atoms with E-state index >= 15 is 0 Å². The van der Waals surface area contributed by atoms with E-state index in [1.165, 1.54) is 22.5 Å². The first-order valence-electron chi connectivity index (χ1n) is 9.37. The van der Waals surface area contributed by atoms with E-state index in [0.717, 1.165) is 24.8 Å². The predicted octanol–water partition coefficient (Wildman–Crippen LogP) is 4.12. The number of nitrogens with one attached hydrogen (secondary N) is 2. The van der Waals surface area contributed by atoms with Gasteiger partial charge in [0.25, 0.3) is 0 Å². The number of aryl methyl sites for hydroxylation is 1. The van der Waals surface area contributed by atoms with Gasteiger partial charge in [-0.1, -0.05) is 28.4 Å². The van der Waals surface area contributed by atoms with Crippen molar-refractivity contribution in [2.75, 3.05) is 30.3 Å². The number of hydrogen-bond donors (Lipinski definition) is 2. The topological polar surface area (TPSA) is 78.5 Å². The van der Waals surface area contributed by atoms with Crippen LogP contribution in [0.4, 0.5) is 15.8 Å². The van der Waals surface area contributed by atoms with Gasteiger partial charge in [0.1, 0.15) is 5.82 Å². The van der Waals surface area contributed by atoms with Crippen LogP contribution in [0.1, 0.15) is 24.8 Å². The Bertz CT molecular complexity index is 1010. The summed E-state index contributed by atoms with van der Waals surface area (Å²) in [4.78, 5) is 12.5. The van der Waals surface area contributed by atoms with E-state index in [-0.39, 0.29) is 17.1 Å². The van der Waals surface area contributed by atoms with E-state index in [2.05, 4.69) is 26.6 Å². The van der Waals surface area contributed by atoms with E-state index in [1.54, 1.807) is 25.1 Å². The molecule has 1 heterocycles. The summed E-state index contributed by atoms with van der Waals surface area (Å²) < 4.78 is 41.7. The number of hydrogen-bond acceptors (Lipinski definition) is 4. The molecule has 0 unspecified atom stereocenters. The maximum absolute atomic E-state index is 13.9. The fourth-order valence-corrected chi connectivity index (χ4v) is 5.03. The van der Waals surface area contributed by atoms with E-state index < -0.39 is 21.7 Å².